The predicted molar refractivity (Wildman–Crippen MR) is 99.7 cm³/mol. The van der Waals surface area contributed by atoms with Gasteiger partial charge in [-0.3, -0.25) is 9.19 Å². The molecule has 0 aliphatic rings. The average Bonchev–Trinajstić information content (AvgIpc) is 3.13. The molecule has 0 radical (unpaired) electrons. The number of ether oxygens (including phenoxy) is 1. The average molecular weight is 396 g/mol. The zero-order valence-corrected chi connectivity index (χ0v) is 15.9. The zero-order chi connectivity index (χ0) is 18.0. The van der Waals surface area contributed by atoms with Crippen LogP contribution in [-0.4, -0.2) is 26.3 Å². The number of rotatable bonds is 5. The Morgan fingerprint density at radius 1 is 1.20 bits per heavy atom. The van der Waals surface area contributed by atoms with Crippen LogP contribution in [0.3, 0.4) is 0 Å². The van der Waals surface area contributed by atoms with Crippen LogP contribution >= 0.6 is 23.2 Å². The molecule has 8 heteroatoms. The minimum atomic E-state index is -1.39. The highest BCUT2D eigenvalue weighted by Crippen LogP contribution is 2.37. The summed E-state index contributed by atoms with van der Waals surface area (Å²) in [7, 11) is 0.204. The number of benzene rings is 1. The van der Waals surface area contributed by atoms with Gasteiger partial charge in [-0.1, -0.05) is 23.2 Å². The van der Waals surface area contributed by atoms with E-state index in [4.69, 9.17) is 27.9 Å². The topological polar surface area (TPSA) is 67.9 Å². The third-order valence-electron chi connectivity index (χ3n) is 3.78. The Morgan fingerprint density at radius 3 is 2.68 bits per heavy atom. The maximum atomic E-state index is 13.0. The molecule has 0 aliphatic carbocycles. The summed E-state index contributed by atoms with van der Waals surface area (Å²) >= 11 is 12.5. The van der Waals surface area contributed by atoms with Crippen LogP contribution in [0.15, 0.2) is 41.7 Å². The van der Waals surface area contributed by atoms with E-state index in [9.17, 15) is 4.21 Å². The van der Waals surface area contributed by atoms with E-state index in [1.165, 1.54) is 0 Å². The van der Waals surface area contributed by atoms with Crippen molar-refractivity contribution in [3.8, 4) is 17.1 Å². The van der Waals surface area contributed by atoms with Gasteiger partial charge in [-0.15, -0.1) is 0 Å². The molecule has 3 rings (SSSR count). The van der Waals surface area contributed by atoms with Gasteiger partial charge < -0.3 is 9.72 Å². The lowest BCUT2D eigenvalue weighted by Gasteiger charge is -2.12. The molecule has 0 saturated carbocycles. The number of nitrogens with one attached hydrogen (secondary N) is 1. The molecule has 3 aromatic rings. The fraction of sp³-hybridized carbons (Fsp3) is 0.176. The molecule has 130 valence electrons. The third kappa shape index (κ3) is 3.56. The van der Waals surface area contributed by atoms with E-state index in [-0.39, 0.29) is 5.75 Å². The number of methoxy groups -OCH3 is 1. The largest absolute Gasteiger partial charge is 0.496 e. The second-order valence-electron chi connectivity index (χ2n) is 5.25. The smallest absolute Gasteiger partial charge is 0.140 e. The SMILES string of the molecule is COc1ccnc(CS(=O)c2ccc(Cl)c(Cl)c2-c2ncc[nH]2)c1C. The van der Waals surface area contributed by atoms with Crippen molar-refractivity contribution in [3.05, 3.63) is 58.1 Å². The molecule has 0 bridgehead atoms. The second kappa shape index (κ2) is 7.56. The number of halogens is 2. The number of aromatic amines is 1. The van der Waals surface area contributed by atoms with Gasteiger partial charge in [0.15, 0.2) is 0 Å². The van der Waals surface area contributed by atoms with Gasteiger partial charge in [0.25, 0.3) is 0 Å². The molecule has 1 atom stereocenters. The van der Waals surface area contributed by atoms with Gasteiger partial charge in [0.1, 0.15) is 11.6 Å². The summed E-state index contributed by atoms with van der Waals surface area (Å²) < 4.78 is 18.3. The van der Waals surface area contributed by atoms with Crippen molar-refractivity contribution in [1.82, 2.24) is 15.0 Å². The number of hydrogen-bond donors (Lipinski definition) is 1. The molecule has 1 N–H and O–H groups in total. The molecule has 25 heavy (non-hydrogen) atoms. The Labute approximate surface area is 157 Å². The van der Waals surface area contributed by atoms with E-state index in [0.717, 1.165) is 5.56 Å². The van der Waals surface area contributed by atoms with Gasteiger partial charge in [-0.2, -0.15) is 0 Å². The Morgan fingerprint density at radius 2 is 2.00 bits per heavy atom. The number of imidazole rings is 1. The van der Waals surface area contributed by atoms with Crippen molar-refractivity contribution in [2.24, 2.45) is 0 Å². The number of H-pyrrole nitrogens is 1. The molecule has 0 aliphatic heterocycles. The van der Waals surface area contributed by atoms with E-state index in [1.807, 2.05) is 6.92 Å². The highest BCUT2D eigenvalue weighted by molar-refractivity contribution is 7.84. The highest BCUT2D eigenvalue weighted by atomic mass is 35.5. The number of hydrogen-bond acceptors (Lipinski definition) is 4. The molecule has 0 amide bonds. The summed E-state index contributed by atoms with van der Waals surface area (Å²) in [6.07, 6.45) is 4.92. The molecule has 2 heterocycles. The summed E-state index contributed by atoms with van der Waals surface area (Å²) in [6, 6.07) is 5.11. The highest BCUT2D eigenvalue weighted by Gasteiger charge is 2.20. The van der Waals surface area contributed by atoms with Crippen LogP contribution in [-0.2, 0) is 16.6 Å². The van der Waals surface area contributed by atoms with Crippen molar-refractivity contribution in [2.75, 3.05) is 7.11 Å². The molecule has 5 nitrogen and oxygen atoms in total. The van der Waals surface area contributed by atoms with Crippen molar-refractivity contribution >= 4 is 34.0 Å². The van der Waals surface area contributed by atoms with Gasteiger partial charge in [-0.05, 0) is 25.1 Å². The van der Waals surface area contributed by atoms with E-state index >= 15 is 0 Å². The van der Waals surface area contributed by atoms with Crippen molar-refractivity contribution in [2.45, 2.75) is 17.6 Å². The normalized spacial score (nSPS) is 12.2. The summed E-state index contributed by atoms with van der Waals surface area (Å²) in [5.41, 5.74) is 2.10. The first-order valence-corrected chi connectivity index (χ1v) is 9.45. The van der Waals surface area contributed by atoms with Gasteiger partial charge >= 0.3 is 0 Å². The maximum absolute atomic E-state index is 13.0. The Balaban J connectivity index is 2.03. The standard InChI is InChI=1S/C17H15Cl2N3O2S/c1-10-12(20-6-5-13(10)24-2)9-25(23)14-4-3-11(18)16(19)15(14)17-21-7-8-22-17/h3-8H,9H2,1-2H3,(H,21,22). The first-order chi connectivity index (χ1) is 12.0. The maximum Gasteiger partial charge on any atom is 0.140 e. The van der Waals surface area contributed by atoms with Crippen LogP contribution in [0, 0.1) is 6.92 Å². The molecule has 1 aromatic carbocycles. The summed E-state index contributed by atoms with van der Waals surface area (Å²) in [5, 5.41) is 0.697. The minimum absolute atomic E-state index is 0.231. The molecule has 0 saturated heterocycles. The van der Waals surface area contributed by atoms with Crippen molar-refractivity contribution in [3.63, 3.8) is 0 Å². The van der Waals surface area contributed by atoms with E-state index in [1.54, 1.807) is 43.9 Å². The van der Waals surface area contributed by atoms with Crippen LogP contribution in [0.4, 0.5) is 0 Å². The molecule has 1 unspecified atom stereocenters. The lowest BCUT2D eigenvalue weighted by molar-refractivity contribution is 0.410. The lowest BCUT2D eigenvalue weighted by Crippen LogP contribution is -2.04. The molecule has 0 fully saturated rings. The van der Waals surface area contributed by atoms with E-state index < -0.39 is 10.8 Å². The molecular formula is C17H15Cl2N3O2S. The summed E-state index contributed by atoms with van der Waals surface area (Å²) in [4.78, 5) is 12.1. The van der Waals surface area contributed by atoms with Crippen LogP contribution in [0.1, 0.15) is 11.3 Å². The van der Waals surface area contributed by atoms with Gasteiger partial charge in [0, 0.05) is 24.2 Å². The van der Waals surface area contributed by atoms with Crippen LogP contribution in [0.25, 0.3) is 11.4 Å². The van der Waals surface area contributed by atoms with Crippen molar-refractivity contribution in [1.29, 1.82) is 0 Å². The number of nitrogens with zero attached hydrogens (tertiary/aromatic N) is 2. The van der Waals surface area contributed by atoms with E-state index in [0.29, 0.717) is 37.8 Å². The summed E-state index contributed by atoms with van der Waals surface area (Å²) in [5.74, 6) is 1.46. The number of pyridine rings is 1. The fourth-order valence-corrected chi connectivity index (χ4v) is 4.28. The lowest BCUT2D eigenvalue weighted by atomic mass is 10.2. The quantitative estimate of drug-likeness (QED) is 0.694. The van der Waals surface area contributed by atoms with Crippen LogP contribution in [0.5, 0.6) is 5.75 Å². The molecular weight excluding hydrogens is 381 g/mol. The van der Waals surface area contributed by atoms with Gasteiger partial charge in [0.2, 0.25) is 0 Å². The second-order valence-corrected chi connectivity index (χ2v) is 7.45. The first kappa shape index (κ1) is 17.9. The number of aromatic nitrogens is 3. The Hall–Kier alpha value is -1.89. The third-order valence-corrected chi connectivity index (χ3v) is 5.95. The van der Waals surface area contributed by atoms with Crippen LogP contribution < -0.4 is 4.74 Å². The Kier molecular flexibility index (Phi) is 5.42. The molecule has 2 aromatic heterocycles. The predicted octanol–water partition coefficient (Wildman–Crippen LogP) is 4.40. The van der Waals surface area contributed by atoms with Gasteiger partial charge in [0.05, 0.1) is 49.9 Å². The molecule has 0 spiro atoms. The Bertz CT molecular complexity index is 930. The minimum Gasteiger partial charge on any atom is -0.496 e. The monoisotopic (exact) mass is 395 g/mol. The van der Waals surface area contributed by atoms with E-state index in [2.05, 4.69) is 15.0 Å². The van der Waals surface area contributed by atoms with Crippen molar-refractivity contribution < 1.29 is 8.95 Å². The summed E-state index contributed by atoms with van der Waals surface area (Å²) in [6.45, 7) is 1.89. The zero-order valence-electron chi connectivity index (χ0n) is 13.5. The van der Waals surface area contributed by atoms with Crippen LogP contribution in [0.2, 0.25) is 10.0 Å². The first-order valence-electron chi connectivity index (χ1n) is 7.37. The fourth-order valence-electron chi connectivity index (χ4n) is 2.47. The van der Waals surface area contributed by atoms with Gasteiger partial charge in [-0.25, -0.2) is 4.98 Å².